The van der Waals surface area contributed by atoms with E-state index in [1.807, 2.05) is 6.07 Å². The number of nitrogens with zero attached hydrogens (tertiary/aromatic N) is 1. The molecule has 0 bridgehead atoms. The van der Waals surface area contributed by atoms with Gasteiger partial charge in [0.1, 0.15) is 10.6 Å². The van der Waals surface area contributed by atoms with Gasteiger partial charge in [-0.25, -0.2) is 13.1 Å². The Kier molecular flexibility index (Phi) is 7.99. The van der Waals surface area contributed by atoms with E-state index >= 15 is 0 Å². The monoisotopic (exact) mass is 488 g/mol. The van der Waals surface area contributed by atoms with Crippen LogP contribution < -0.4 is 15.4 Å². The maximum atomic E-state index is 12.7. The molecule has 0 radical (unpaired) electrons. The maximum absolute atomic E-state index is 12.7. The minimum atomic E-state index is -3.96. The third kappa shape index (κ3) is 6.51. The predicted octanol–water partition coefficient (Wildman–Crippen LogP) is 3.57. The summed E-state index contributed by atoms with van der Waals surface area (Å²) >= 11 is 6.09. The number of nitro benzene ring substituents is 1. The van der Waals surface area contributed by atoms with Crippen LogP contribution in [0.4, 0.5) is 11.4 Å². The summed E-state index contributed by atoms with van der Waals surface area (Å²) in [5.74, 6) is -0.504. The van der Waals surface area contributed by atoms with Crippen molar-refractivity contribution >= 4 is 38.9 Å². The zero-order valence-electron chi connectivity index (χ0n) is 17.3. The van der Waals surface area contributed by atoms with Gasteiger partial charge in [-0.2, -0.15) is 0 Å². The molecule has 3 aromatic carbocycles. The smallest absolute Gasteiger partial charge is 0.292 e. The molecule has 0 aliphatic heterocycles. The van der Waals surface area contributed by atoms with Crippen LogP contribution in [0.3, 0.4) is 0 Å². The minimum absolute atomic E-state index is 0.00911. The first kappa shape index (κ1) is 24.2. The summed E-state index contributed by atoms with van der Waals surface area (Å²) in [5, 5.41) is 16.6. The number of halogens is 1. The molecule has 1 amide bonds. The minimum Gasteiger partial charge on any atom is -0.378 e. The molecule has 0 fully saturated rings. The number of carbonyl (C=O) groups is 1. The van der Waals surface area contributed by atoms with Crippen LogP contribution in [0.15, 0.2) is 77.7 Å². The van der Waals surface area contributed by atoms with E-state index < -0.39 is 20.9 Å². The van der Waals surface area contributed by atoms with Crippen molar-refractivity contribution < 1.29 is 18.1 Å². The van der Waals surface area contributed by atoms with Crippen LogP contribution in [0, 0.1) is 10.1 Å². The molecule has 0 aromatic heterocycles. The standard InChI is InChI=1S/C22H21ClN4O5S/c23-18-11-10-17(14-21(18)33(31,32)26-15-16-6-2-1-3-7-16)22(28)25-13-12-24-19-8-4-5-9-20(19)27(29)30/h1-11,14,24,26H,12-13,15H2,(H,25,28). The Morgan fingerprint density at radius 3 is 2.39 bits per heavy atom. The van der Waals surface area contributed by atoms with Gasteiger partial charge in [-0.05, 0) is 29.8 Å². The van der Waals surface area contributed by atoms with E-state index in [4.69, 9.17) is 11.6 Å². The number of nitrogens with one attached hydrogen (secondary N) is 3. The quantitative estimate of drug-likeness (QED) is 0.227. The fourth-order valence-electron chi connectivity index (χ4n) is 2.96. The van der Waals surface area contributed by atoms with Gasteiger partial charge in [0.25, 0.3) is 11.6 Å². The van der Waals surface area contributed by atoms with Crippen molar-refractivity contribution in [1.82, 2.24) is 10.0 Å². The number of nitro groups is 1. The summed E-state index contributed by atoms with van der Waals surface area (Å²) in [7, 11) is -3.96. The number of rotatable bonds is 10. The highest BCUT2D eigenvalue weighted by molar-refractivity contribution is 7.89. The number of hydrogen-bond donors (Lipinski definition) is 3. The number of anilines is 1. The molecular formula is C22H21ClN4O5S. The Hall–Kier alpha value is -3.47. The van der Waals surface area contributed by atoms with Gasteiger partial charge in [-0.1, -0.05) is 54.1 Å². The van der Waals surface area contributed by atoms with E-state index in [0.717, 1.165) is 5.56 Å². The van der Waals surface area contributed by atoms with Crippen LogP contribution in [0.5, 0.6) is 0 Å². The van der Waals surface area contributed by atoms with Gasteiger partial charge in [-0.3, -0.25) is 14.9 Å². The van der Waals surface area contributed by atoms with Crippen LogP contribution in [0.2, 0.25) is 5.02 Å². The summed E-state index contributed by atoms with van der Waals surface area (Å²) in [6, 6.07) is 19.1. The molecule has 9 nitrogen and oxygen atoms in total. The molecule has 0 spiro atoms. The molecule has 0 heterocycles. The van der Waals surface area contributed by atoms with E-state index in [2.05, 4.69) is 15.4 Å². The third-order valence-electron chi connectivity index (χ3n) is 4.62. The first-order valence-corrected chi connectivity index (χ1v) is 11.7. The lowest BCUT2D eigenvalue weighted by Crippen LogP contribution is -2.29. The molecule has 11 heteroatoms. The zero-order valence-corrected chi connectivity index (χ0v) is 18.9. The molecular weight excluding hydrogens is 468 g/mol. The molecule has 3 rings (SSSR count). The third-order valence-corrected chi connectivity index (χ3v) is 6.50. The van der Waals surface area contributed by atoms with Crippen LogP contribution >= 0.6 is 11.6 Å². The lowest BCUT2D eigenvalue weighted by atomic mass is 10.2. The van der Waals surface area contributed by atoms with E-state index in [-0.39, 0.29) is 40.8 Å². The number of hydrogen-bond acceptors (Lipinski definition) is 6. The van der Waals surface area contributed by atoms with Crippen molar-refractivity contribution in [3.63, 3.8) is 0 Å². The summed E-state index contributed by atoms with van der Waals surface area (Å²) in [4.78, 5) is 22.8. The van der Waals surface area contributed by atoms with Crippen LogP contribution in [0.1, 0.15) is 15.9 Å². The van der Waals surface area contributed by atoms with Crippen LogP contribution in [-0.2, 0) is 16.6 Å². The van der Waals surface area contributed by atoms with E-state index in [0.29, 0.717) is 5.69 Å². The summed E-state index contributed by atoms with van der Waals surface area (Å²) in [6.07, 6.45) is 0. The zero-order chi connectivity index (χ0) is 23.8. The second kappa shape index (κ2) is 10.9. The molecule has 0 unspecified atom stereocenters. The fraction of sp³-hybridized carbons (Fsp3) is 0.136. The summed E-state index contributed by atoms with van der Waals surface area (Å²) < 4.78 is 27.9. The first-order valence-electron chi connectivity index (χ1n) is 9.86. The molecule has 0 saturated carbocycles. The largest absolute Gasteiger partial charge is 0.378 e. The number of amides is 1. The van der Waals surface area contributed by atoms with E-state index in [1.165, 1.54) is 24.3 Å². The van der Waals surface area contributed by atoms with Gasteiger partial charge >= 0.3 is 0 Å². The molecule has 0 saturated heterocycles. The van der Waals surface area contributed by atoms with Crippen LogP contribution in [-0.4, -0.2) is 32.3 Å². The van der Waals surface area contributed by atoms with Crippen molar-refractivity contribution in [2.75, 3.05) is 18.4 Å². The van der Waals surface area contributed by atoms with Gasteiger partial charge in [0.2, 0.25) is 10.0 Å². The lowest BCUT2D eigenvalue weighted by Gasteiger charge is -2.11. The van der Waals surface area contributed by atoms with Gasteiger partial charge in [-0.15, -0.1) is 0 Å². The van der Waals surface area contributed by atoms with Gasteiger partial charge in [0.15, 0.2) is 0 Å². The van der Waals surface area contributed by atoms with E-state index in [9.17, 15) is 23.3 Å². The van der Waals surface area contributed by atoms with E-state index in [1.54, 1.807) is 42.5 Å². The number of carbonyl (C=O) groups excluding carboxylic acids is 1. The second-order valence-electron chi connectivity index (χ2n) is 6.91. The Bertz CT molecular complexity index is 1250. The Morgan fingerprint density at radius 2 is 1.67 bits per heavy atom. The Morgan fingerprint density at radius 1 is 0.970 bits per heavy atom. The number of sulfonamides is 1. The predicted molar refractivity (Wildman–Crippen MR) is 126 cm³/mol. The van der Waals surface area contributed by atoms with Gasteiger partial charge in [0, 0.05) is 31.3 Å². The number of para-hydroxylation sites is 2. The molecule has 0 atom stereocenters. The van der Waals surface area contributed by atoms with Crippen molar-refractivity contribution in [3.8, 4) is 0 Å². The van der Waals surface area contributed by atoms with Crippen molar-refractivity contribution in [2.24, 2.45) is 0 Å². The molecule has 0 aliphatic carbocycles. The topological polar surface area (TPSA) is 130 Å². The highest BCUT2D eigenvalue weighted by atomic mass is 35.5. The molecule has 33 heavy (non-hydrogen) atoms. The Balaban J connectivity index is 1.61. The normalized spacial score (nSPS) is 11.1. The maximum Gasteiger partial charge on any atom is 0.292 e. The first-order chi connectivity index (χ1) is 15.8. The average molecular weight is 489 g/mol. The SMILES string of the molecule is O=C(NCCNc1ccccc1[N+](=O)[O-])c1ccc(Cl)c(S(=O)(=O)NCc2ccccc2)c1. The summed E-state index contributed by atoms with van der Waals surface area (Å²) in [5.41, 5.74) is 1.16. The molecule has 3 aromatic rings. The molecule has 172 valence electrons. The number of benzene rings is 3. The fourth-order valence-corrected chi connectivity index (χ4v) is 4.50. The molecule has 0 aliphatic rings. The Labute approximate surface area is 196 Å². The van der Waals surface area contributed by atoms with Gasteiger partial charge < -0.3 is 10.6 Å². The lowest BCUT2D eigenvalue weighted by molar-refractivity contribution is -0.384. The summed E-state index contributed by atoms with van der Waals surface area (Å²) in [6.45, 7) is 0.461. The van der Waals surface area contributed by atoms with Crippen molar-refractivity contribution in [2.45, 2.75) is 11.4 Å². The highest BCUT2D eigenvalue weighted by Crippen LogP contribution is 2.24. The van der Waals surface area contributed by atoms with Crippen molar-refractivity contribution in [1.29, 1.82) is 0 Å². The second-order valence-corrected chi connectivity index (χ2v) is 9.05. The van der Waals surface area contributed by atoms with Gasteiger partial charge in [0.05, 0.1) is 9.95 Å². The van der Waals surface area contributed by atoms with Crippen LogP contribution in [0.25, 0.3) is 0 Å². The average Bonchev–Trinajstić information content (AvgIpc) is 2.81. The molecule has 3 N–H and O–H groups in total. The highest BCUT2D eigenvalue weighted by Gasteiger charge is 2.20. The van der Waals surface area contributed by atoms with Crippen molar-refractivity contribution in [3.05, 3.63) is 99.1 Å².